The summed E-state index contributed by atoms with van der Waals surface area (Å²) in [7, 11) is 0. The van der Waals surface area contributed by atoms with Gasteiger partial charge in [0.1, 0.15) is 10.8 Å². The Morgan fingerprint density at radius 2 is 2.11 bits per heavy atom. The van der Waals surface area contributed by atoms with Gasteiger partial charge in [-0.3, -0.25) is 0 Å². The van der Waals surface area contributed by atoms with Crippen LogP contribution in [0.2, 0.25) is 0 Å². The van der Waals surface area contributed by atoms with Crippen LogP contribution in [0.15, 0.2) is 50.9 Å². The molecule has 0 unspecified atom stereocenters. The van der Waals surface area contributed by atoms with E-state index in [4.69, 9.17) is 5.73 Å². The molecule has 1 aromatic heterocycles. The van der Waals surface area contributed by atoms with Crippen molar-refractivity contribution in [1.82, 2.24) is 4.98 Å². The zero-order valence-corrected chi connectivity index (χ0v) is 12.0. The predicted molar refractivity (Wildman–Crippen MR) is 75.2 cm³/mol. The van der Waals surface area contributed by atoms with Gasteiger partial charge in [0.2, 0.25) is 0 Å². The number of nitrogens with zero attached hydrogens (tertiary/aromatic N) is 1. The molecule has 2 aromatic rings. The summed E-state index contributed by atoms with van der Waals surface area (Å²) in [4.78, 5) is 5.29. The van der Waals surface area contributed by atoms with Crippen LogP contribution >= 0.6 is 27.7 Å². The first kappa shape index (κ1) is 13.5. The Hall–Kier alpha value is -0.910. The molecule has 0 amide bonds. The standard InChI is InChI=1S/C13H12BrFN2S/c14-10-1-4-13(17-8-10)18-12-3-2-11(15)7-9(12)5-6-16/h1-4,7-8H,5-6,16H2. The Morgan fingerprint density at radius 1 is 1.28 bits per heavy atom. The number of benzene rings is 1. The maximum absolute atomic E-state index is 13.2. The van der Waals surface area contributed by atoms with E-state index in [0.29, 0.717) is 13.0 Å². The van der Waals surface area contributed by atoms with E-state index >= 15 is 0 Å². The summed E-state index contributed by atoms with van der Waals surface area (Å²) < 4.78 is 14.1. The smallest absolute Gasteiger partial charge is 0.123 e. The van der Waals surface area contributed by atoms with Crippen LogP contribution in [0, 0.1) is 5.82 Å². The highest BCUT2D eigenvalue weighted by Gasteiger charge is 2.06. The molecule has 0 fully saturated rings. The fraction of sp³-hybridized carbons (Fsp3) is 0.154. The number of hydrogen-bond donors (Lipinski definition) is 1. The van der Waals surface area contributed by atoms with Crippen LogP contribution in [-0.2, 0) is 6.42 Å². The highest BCUT2D eigenvalue weighted by atomic mass is 79.9. The normalized spacial score (nSPS) is 10.6. The number of nitrogens with two attached hydrogens (primary N) is 1. The Balaban J connectivity index is 2.25. The molecule has 0 spiro atoms. The van der Waals surface area contributed by atoms with Crippen LogP contribution in [0.4, 0.5) is 4.39 Å². The molecule has 0 saturated carbocycles. The van der Waals surface area contributed by atoms with Crippen LogP contribution in [0.5, 0.6) is 0 Å². The van der Waals surface area contributed by atoms with Crippen LogP contribution in [0.1, 0.15) is 5.56 Å². The maximum Gasteiger partial charge on any atom is 0.123 e. The molecule has 0 atom stereocenters. The lowest BCUT2D eigenvalue weighted by Gasteiger charge is -2.08. The van der Waals surface area contributed by atoms with E-state index in [9.17, 15) is 4.39 Å². The molecule has 2 nitrogen and oxygen atoms in total. The van der Waals surface area contributed by atoms with Gasteiger partial charge < -0.3 is 5.73 Å². The zero-order chi connectivity index (χ0) is 13.0. The Morgan fingerprint density at radius 3 is 2.78 bits per heavy atom. The fourth-order valence-corrected chi connectivity index (χ4v) is 2.66. The van der Waals surface area contributed by atoms with Gasteiger partial charge in [-0.05, 0) is 64.8 Å². The first-order valence-electron chi connectivity index (χ1n) is 5.47. The lowest BCUT2D eigenvalue weighted by atomic mass is 10.1. The van der Waals surface area contributed by atoms with Crippen molar-refractivity contribution >= 4 is 27.7 Å². The van der Waals surface area contributed by atoms with Crippen molar-refractivity contribution in [3.8, 4) is 0 Å². The number of aromatic nitrogens is 1. The van der Waals surface area contributed by atoms with Crippen molar-refractivity contribution in [3.63, 3.8) is 0 Å². The first-order chi connectivity index (χ1) is 8.69. The minimum atomic E-state index is -0.230. The third-order valence-electron chi connectivity index (χ3n) is 2.35. The van der Waals surface area contributed by atoms with Crippen molar-refractivity contribution in [2.24, 2.45) is 5.73 Å². The zero-order valence-electron chi connectivity index (χ0n) is 9.57. The molecule has 0 bridgehead atoms. The predicted octanol–water partition coefficient (Wildman–Crippen LogP) is 3.64. The SMILES string of the molecule is NCCc1cc(F)ccc1Sc1ccc(Br)cn1. The maximum atomic E-state index is 13.2. The van der Waals surface area contributed by atoms with Gasteiger partial charge >= 0.3 is 0 Å². The van der Waals surface area contributed by atoms with Crippen molar-refractivity contribution in [3.05, 3.63) is 52.4 Å². The van der Waals surface area contributed by atoms with E-state index in [1.54, 1.807) is 12.3 Å². The Labute approximate surface area is 118 Å². The highest BCUT2D eigenvalue weighted by molar-refractivity contribution is 9.10. The number of rotatable bonds is 4. The third-order valence-corrected chi connectivity index (χ3v) is 3.89. The first-order valence-corrected chi connectivity index (χ1v) is 7.08. The molecule has 1 heterocycles. The molecule has 0 radical (unpaired) electrons. The molecule has 2 rings (SSSR count). The van der Waals surface area contributed by atoms with Gasteiger partial charge in [0, 0.05) is 15.6 Å². The summed E-state index contributed by atoms with van der Waals surface area (Å²) in [6, 6.07) is 8.62. The molecule has 0 saturated heterocycles. The van der Waals surface area contributed by atoms with Crippen LogP contribution in [-0.4, -0.2) is 11.5 Å². The van der Waals surface area contributed by atoms with Gasteiger partial charge in [-0.1, -0.05) is 11.8 Å². The van der Waals surface area contributed by atoms with E-state index in [-0.39, 0.29) is 5.82 Å². The molecule has 0 aliphatic carbocycles. The summed E-state index contributed by atoms with van der Waals surface area (Å²) in [5.41, 5.74) is 6.46. The molecule has 0 aliphatic heterocycles. The number of pyridine rings is 1. The molecule has 94 valence electrons. The quantitative estimate of drug-likeness (QED) is 0.932. The van der Waals surface area contributed by atoms with Gasteiger partial charge in [-0.25, -0.2) is 9.37 Å². The minimum Gasteiger partial charge on any atom is -0.330 e. The van der Waals surface area contributed by atoms with Gasteiger partial charge in [0.15, 0.2) is 0 Å². The Bertz CT molecular complexity index is 531. The van der Waals surface area contributed by atoms with Crippen molar-refractivity contribution in [2.45, 2.75) is 16.3 Å². The van der Waals surface area contributed by atoms with Gasteiger partial charge in [-0.2, -0.15) is 0 Å². The van der Waals surface area contributed by atoms with E-state index < -0.39 is 0 Å². The van der Waals surface area contributed by atoms with Gasteiger partial charge in [0.05, 0.1) is 0 Å². The van der Waals surface area contributed by atoms with Gasteiger partial charge in [-0.15, -0.1) is 0 Å². The lowest BCUT2D eigenvalue weighted by molar-refractivity contribution is 0.623. The average Bonchev–Trinajstić information content (AvgIpc) is 2.36. The number of hydrogen-bond acceptors (Lipinski definition) is 3. The van der Waals surface area contributed by atoms with E-state index in [1.807, 2.05) is 12.1 Å². The summed E-state index contributed by atoms with van der Waals surface area (Å²) in [5.74, 6) is -0.230. The second-order valence-electron chi connectivity index (χ2n) is 3.71. The summed E-state index contributed by atoms with van der Waals surface area (Å²) in [5, 5.41) is 0.878. The van der Waals surface area contributed by atoms with Crippen molar-refractivity contribution < 1.29 is 4.39 Å². The van der Waals surface area contributed by atoms with Crippen LogP contribution in [0.25, 0.3) is 0 Å². The van der Waals surface area contributed by atoms with Crippen molar-refractivity contribution in [1.29, 1.82) is 0 Å². The largest absolute Gasteiger partial charge is 0.330 e. The van der Waals surface area contributed by atoms with Crippen LogP contribution < -0.4 is 5.73 Å². The van der Waals surface area contributed by atoms with E-state index in [2.05, 4.69) is 20.9 Å². The topological polar surface area (TPSA) is 38.9 Å². The average molecular weight is 327 g/mol. The number of halogens is 2. The molecule has 1 aromatic carbocycles. The lowest BCUT2D eigenvalue weighted by Crippen LogP contribution is -2.04. The molecule has 5 heteroatoms. The fourth-order valence-electron chi connectivity index (χ4n) is 1.53. The summed E-state index contributed by atoms with van der Waals surface area (Å²) in [6.07, 6.45) is 2.41. The minimum absolute atomic E-state index is 0.230. The second kappa shape index (κ2) is 6.31. The third kappa shape index (κ3) is 3.54. The highest BCUT2D eigenvalue weighted by Crippen LogP contribution is 2.30. The molecule has 0 aliphatic rings. The summed E-state index contributed by atoms with van der Waals surface area (Å²) >= 11 is 4.86. The molecule has 18 heavy (non-hydrogen) atoms. The molecular formula is C13H12BrFN2S. The summed E-state index contributed by atoms with van der Waals surface area (Å²) in [6.45, 7) is 0.505. The van der Waals surface area contributed by atoms with Gasteiger partial charge in [0.25, 0.3) is 0 Å². The van der Waals surface area contributed by atoms with Crippen molar-refractivity contribution in [2.75, 3.05) is 6.54 Å². The monoisotopic (exact) mass is 326 g/mol. The van der Waals surface area contributed by atoms with Crippen LogP contribution in [0.3, 0.4) is 0 Å². The van der Waals surface area contributed by atoms with E-state index in [0.717, 1.165) is 20.0 Å². The molecule has 2 N–H and O–H groups in total. The molecular weight excluding hydrogens is 315 g/mol. The second-order valence-corrected chi connectivity index (χ2v) is 5.69. The Kier molecular flexibility index (Phi) is 4.74. The van der Waals surface area contributed by atoms with E-state index in [1.165, 1.54) is 23.9 Å².